The van der Waals surface area contributed by atoms with E-state index < -0.39 is 17.8 Å². The van der Waals surface area contributed by atoms with Crippen LogP contribution in [0.5, 0.6) is 0 Å². The van der Waals surface area contributed by atoms with Crippen LogP contribution >= 0.6 is 0 Å². The summed E-state index contributed by atoms with van der Waals surface area (Å²) >= 11 is 0. The molecule has 0 radical (unpaired) electrons. The van der Waals surface area contributed by atoms with E-state index in [1.807, 2.05) is 18.2 Å². The standard InChI is InChI=1S/C15H18N2O5/c18-9-8-12(10-11-4-2-1-3-5-11)15(22)17-16-13(19)6-7-14(20)21/h1-5,10,18H,6-9H2,(H,16,19)(H,17,22)(H,20,21). The predicted octanol–water partition coefficient (Wildman–Crippen LogP) is 0.465. The number of rotatable bonds is 7. The molecule has 0 atom stereocenters. The van der Waals surface area contributed by atoms with Gasteiger partial charge in [-0.1, -0.05) is 30.3 Å². The van der Waals surface area contributed by atoms with Gasteiger partial charge in [0.1, 0.15) is 0 Å². The van der Waals surface area contributed by atoms with Gasteiger partial charge in [0.15, 0.2) is 0 Å². The van der Waals surface area contributed by atoms with Crippen LogP contribution in [0, 0.1) is 0 Å². The van der Waals surface area contributed by atoms with E-state index in [1.165, 1.54) is 0 Å². The molecule has 2 amide bonds. The van der Waals surface area contributed by atoms with Gasteiger partial charge in [-0.15, -0.1) is 0 Å². The monoisotopic (exact) mass is 306 g/mol. The Hall–Kier alpha value is -2.67. The van der Waals surface area contributed by atoms with Crippen molar-refractivity contribution in [3.05, 3.63) is 41.5 Å². The molecule has 22 heavy (non-hydrogen) atoms. The quantitative estimate of drug-likeness (QED) is 0.431. The summed E-state index contributed by atoms with van der Waals surface area (Å²) in [7, 11) is 0. The van der Waals surface area contributed by atoms with Crippen molar-refractivity contribution in [2.75, 3.05) is 6.61 Å². The van der Waals surface area contributed by atoms with E-state index in [0.29, 0.717) is 5.57 Å². The zero-order valence-corrected chi connectivity index (χ0v) is 11.9. The van der Waals surface area contributed by atoms with Gasteiger partial charge in [0.25, 0.3) is 5.91 Å². The Morgan fingerprint density at radius 1 is 1.00 bits per heavy atom. The molecule has 0 bridgehead atoms. The van der Waals surface area contributed by atoms with Crippen molar-refractivity contribution in [3.63, 3.8) is 0 Å². The minimum absolute atomic E-state index is 0.131. The largest absolute Gasteiger partial charge is 0.481 e. The molecule has 1 aromatic rings. The number of aliphatic hydroxyl groups excluding tert-OH is 1. The molecule has 1 aromatic carbocycles. The number of carbonyl (C=O) groups is 3. The highest BCUT2D eigenvalue weighted by Crippen LogP contribution is 2.09. The molecule has 1 rings (SSSR count). The van der Waals surface area contributed by atoms with E-state index in [9.17, 15) is 14.4 Å². The maximum absolute atomic E-state index is 12.0. The van der Waals surface area contributed by atoms with Gasteiger partial charge in [-0.2, -0.15) is 0 Å². The van der Waals surface area contributed by atoms with Gasteiger partial charge in [0.05, 0.1) is 6.42 Å². The molecular weight excluding hydrogens is 288 g/mol. The molecule has 7 heteroatoms. The second-order valence-electron chi connectivity index (χ2n) is 4.45. The fourth-order valence-corrected chi connectivity index (χ4v) is 1.61. The van der Waals surface area contributed by atoms with E-state index in [4.69, 9.17) is 10.2 Å². The lowest BCUT2D eigenvalue weighted by Gasteiger charge is -2.09. The molecule has 0 fully saturated rings. The number of hydrogen-bond donors (Lipinski definition) is 4. The number of hydrogen-bond acceptors (Lipinski definition) is 4. The van der Waals surface area contributed by atoms with Crippen molar-refractivity contribution in [1.29, 1.82) is 0 Å². The number of hydrazine groups is 1. The second kappa shape index (κ2) is 9.30. The van der Waals surface area contributed by atoms with Gasteiger partial charge in [-0.3, -0.25) is 25.2 Å². The molecule has 0 heterocycles. The van der Waals surface area contributed by atoms with E-state index in [1.54, 1.807) is 18.2 Å². The average molecular weight is 306 g/mol. The molecular formula is C15H18N2O5. The number of benzene rings is 1. The third-order valence-corrected chi connectivity index (χ3v) is 2.69. The van der Waals surface area contributed by atoms with Crippen LogP contribution in [0.2, 0.25) is 0 Å². The lowest BCUT2D eigenvalue weighted by molar-refractivity contribution is -0.139. The van der Waals surface area contributed by atoms with Crippen molar-refractivity contribution in [2.45, 2.75) is 19.3 Å². The number of aliphatic carboxylic acids is 1. The lowest BCUT2D eigenvalue weighted by Crippen LogP contribution is -2.42. The number of aliphatic hydroxyl groups is 1. The molecule has 0 aliphatic carbocycles. The summed E-state index contributed by atoms with van der Waals surface area (Å²) < 4.78 is 0. The van der Waals surface area contributed by atoms with Crippen LogP contribution in [0.1, 0.15) is 24.8 Å². The molecule has 118 valence electrons. The maximum Gasteiger partial charge on any atom is 0.303 e. The Morgan fingerprint density at radius 2 is 1.68 bits per heavy atom. The van der Waals surface area contributed by atoms with Crippen molar-refractivity contribution in [3.8, 4) is 0 Å². The fourth-order valence-electron chi connectivity index (χ4n) is 1.61. The Bertz CT molecular complexity index is 554. The van der Waals surface area contributed by atoms with E-state index in [2.05, 4.69) is 10.9 Å². The van der Waals surface area contributed by atoms with Gasteiger partial charge in [-0.05, 0) is 11.6 Å². The highest BCUT2D eigenvalue weighted by Gasteiger charge is 2.11. The van der Waals surface area contributed by atoms with E-state index >= 15 is 0 Å². The summed E-state index contributed by atoms with van der Waals surface area (Å²) in [6.45, 7) is -0.209. The Kier molecular flexibility index (Phi) is 7.35. The first-order valence-electron chi connectivity index (χ1n) is 6.70. The number of amides is 2. The summed E-state index contributed by atoms with van der Waals surface area (Å²) in [6.07, 6.45) is 1.19. The highest BCUT2D eigenvalue weighted by molar-refractivity contribution is 5.98. The first-order valence-corrected chi connectivity index (χ1v) is 6.70. The van der Waals surface area contributed by atoms with Gasteiger partial charge < -0.3 is 10.2 Å². The summed E-state index contributed by atoms with van der Waals surface area (Å²) in [5, 5.41) is 17.5. The van der Waals surface area contributed by atoms with Gasteiger partial charge >= 0.3 is 5.97 Å². The predicted molar refractivity (Wildman–Crippen MR) is 79.3 cm³/mol. The van der Waals surface area contributed by atoms with Crippen LogP contribution in [-0.4, -0.2) is 34.6 Å². The number of nitrogens with one attached hydrogen (secondary N) is 2. The third-order valence-electron chi connectivity index (χ3n) is 2.69. The summed E-state index contributed by atoms with van der Waals surface area (Å²) in [6, 6.07) is 9.07. The van der Waals surface area contributed by atoms with Gasteiger partial charge in [0, 0.05) is 25.0 Å². The van der Waals surface area contributed by atoms with Crippen LogP contribution < -0.4 is 10.9 Å². The topological polar surface area (TPSA) is 116 Å². The van der Waals surface area contributed by atoms with Gasteiger partial charge in [-0.25, -0.2) is 0 Å². The van der Waals surface area contributed by atoms with Crippen LogP contribution in [-0.2, 0) is 14.4 Å². The van der Waals surface area contributed by atoms with Crippen LogP contribution in [0.15, 0.2) is 35.9 Å². The van der Waals surface area contributed by atoms with Crippen LogP contribution in [0.4, 0.5) is 0 Å². The van der Waals surface area contributed by atoms with Gasteiger partial charge in [0.2, 0.25) is 5.91 Å². The maximum atomic E-state index is 12.0. The first kappa shape index (κ1) is 17.4. The lowest BCUT2D eigenvalue weighted by atomic mass is 10.1. The molecule has 0 saturated carbocycles. The zero-order valence-electron chi connectivity index (χ0n) is 11.9. The average Bonchev–Trinajstić information content (AvgIpc) is 2.51. The SMILES string of the molecule is O=C(O)CCC(=O)NNC(=O)C(=Cc1ccccc1)CCO. The molecule has 0 aliphatic rings. The Morgan fingerprint density at radius 3 is 2.27 bits per heavy atom. The summed E-state index contributed by atoms with van der Waals surface area (Å²) in [5.41, 5.74) is 5.43. The van der Waals surface area contributed by atoms with E-state index in [-0.39, 0.29) is 25.9 Å². The van der Waals surface area contributed by atoms with Crippen molar-refractivity contribution < 1.29 is 24.6 Å². The number of carboxylic acids is 1. The van der Waals surface area contributed by atoms with Crippen molar-refractivity contribution >= 4 is 23.9 Å². The fraction of sp³-hybridized carbons (Fsp3) is 0.267. The summed E-state index contributed by atoms with van der Waals surface area (Å²) in [5.74, 6) is -2.24. The molecule has 0 spiro atoms. The van der Waals surface area contributed by atoms with E-state index in [0.717, 1.165) is 5.56 Å². The first-order chi connectivity index (χ1) is 10.5. The van der Waals surface area contributed by atoms with Crippen molar-refractivity contribution in [2.24, 2.45) is 0 Å². The minimum Gasteiger partial charge on any atom is -0.481 e. The molecule has 0 aromatic heterocycles. The molecule has 0 aliphatic heterocycles. The smallest absolute Gasteiger partial charge is 0.303 e. The minimum atomic E-state index is -1.09. The Balaban J connectivity index is 2.60. The highest BCUT2D eigenvalue weighted by atomic mass is 16.4. The van der Waals surface area contributed by atoms with Crippen LogP contribution in [0.25, 0.3) is 6.08 Å². The normalized spacial score (nSPS) is 10.9. The zero-order chi connectivity index (χ0) is 16.4. The third kappa shape index (κ3) is 6.67. The number of carbonyl (C=O) groups excluding carboxylic acids is 2. The molecule has 0 unspecified atom stereocenters. The Labute approximate surface area is 127 Å². The van der Waals surface area contributed by atoms with Crippen LogP contribution in [0.3, 0.4) is 0 Å². The number of carboxylic acid groups (broad SMARTS) is 1. The van der Waals surface area contributed by atoms with Crippen molar-refractivity contribution in [1.82, 2.24) is 10.9 Å². The second-order valence-corrected chi connectivity index (χ2v) is 4.45. The molecule has 7 nitrogen and oxygen atoms in total. The molecule has 0 saturated heterocycles. The summed E-state index contributed by atoms with van der Waals surface area (Å²) in [4.78, 5) is 33.6. The molecule has 4 N–H and O–H groups in total.